The molecule has 1 aliphatic carbocycles. The number of hydrogen-bond acceptors (Lipinski definition) is 2. The molecule has 0 saturated heterocycles. The Bertz CT molecular complexity index is 444. The van der Waals surface area contributed by atoms with E-state index < -0.39 is 0 Å². The number of aryl methyl sites for hydroxylation is 1. The maximum Gasteiger partial charge on any atom is 0.0334 e. The summed E-state index contributed by atoms with van der Waals surface area (Å²) in [6.07, 6.45) is 7.90. The van der Waals surface area contributed by atoms with Crippen molar-refractivity contribution in [2.24, 2.45) is 0 Å². The second-order valence-corrected chi connectivity index (χ2v) is 5.34. The van der Waals surface area contributed by atoms with E-state index in [1.54, 1.807) is 4.88 Å². The van der Waals surface area contributed by atoms with Crippen molar-refractivity contribution in [1.82, 2.24) is 10.3 Å². The van der Waals surface area contributed by atoms with Crippen LogP contribution in [0.3, 0.4) is 0 Å². The van der Waals surface area contributed by atoms with Gasteiger partial charge in [0.2, 0.25) is 0 Å². The van der Waals surface area contributed by atoms with Gasteiger partial charge in [-0.1, -0.05) is 0 Å². The minimum atomic E-state index is 0.560. The zero-order valence-electron chi connectivity index (χ0n) is 9.20. The molecule has 0 spiro atoms. The monoisotopic (exact) mass is 232 g/mol. The highest BCUT2D eigenvalue weighted by atomic mass is 32.1. The van der Waals surface area contributed by atoms with Crippen molar-refractivity contribution >= 4 is 11.3 Å². The SMILES string of the molecule is c1cc(CNC2CCCc3sccc32)c[nH]1. The molecule has 0 fully saturated rings. The van der Waals surface area contributed by atoms with Gasteiger partial charge >= 0.3 is 0 Å². The van der Waals surface area contributed by atoms with E-state index in [1.165, 1.54) is 30.4 Å². The van der Waals surface area contributed by atoms with Crippen LogP contribution in [0, 0.1) is 0 Å². The Hall–Kier alpha value is -1.06. The summed E-state index contributed by atoms with van der Waals surface area (Å²) in [5.41, 5.74) is 2.87. The molecule has 2 heterocycles. The second kappa shape index (κ2) is 4.44. The smallest absolute Gasteiger partial charge is 0.0334 e. The quantitative estimate of drug-likeness (QED) is 0.835. The summed E-state index contributed by atoms with van der Waals surface area (Å²) in [5.74, 6) is 0. The molecule has 2 nitrogen and oxygen atoms in total. The van der Waals surface area contributed by atoms with E-state index in [-0.39, 0.29) is 0 Å². The first-order valence-corrected chi connectivity index (χ1v) is 6.73. The molecule has 2 aromatic heterocycles. The summed E-state index contributed by atoms with van der Waals surface area (Å²) in [5, 5.41) is 5.88. The molecular weight excluding hydrogens is 216 g/mol. The molecule has 3 heteroatoms. The van der Waals surface area contributed by atoms with Crippen LogP contribution in [-0.4, -0.2) is 4.98 Å². The number of rotatable bonds is 3. The fourth-order valence-corrected chi connectivity index (χ4v) is 3.40. The first-order valence-electron chi connectivity index (χ1n) is 5.85. The van der Waals surface area contributed by atoms with E-state index in [0.717, 1.165) is 6.54 Å². The Balaban J connectivity index is 1.69. The minimum Gasteiger partial charge on any atom is -0.367 e. The summed E-state index contributed by atoms with van der Waals surface area (Å²) < 4.78 is 0. The van der Waals surface area contributed by atoms with Crippen molar-refractivity contribution in [3.8, 4) is 0 Å². The van der Waals surface area contributed by atoms with Gasteiger partial charge in [-0.25, -0.2) is 0 Å². The molecule has 1 unspecified atom stereocenters. The van der Waals surface area contributed by atoms with Crippen LogP contribution in [0.2, 0.25) is 0 Å². The molecule has 84 valence electrons. The van der Waals surface area contributed by atoms with Gasteiger partial charge < -0.3 is 10.3 Å². The van der Waals surface area contributed by atoms with Crippen molar-refractivity contribution in [1.29, 1.82) is 0 Å². The highest BCUT2D eigenvalue weighted by Crippen LogP contribution is 2.33. The predicted molar refractivity (Wildman–Crippen MR) is 67.6 cm³/mol. The molecule has 1 atom stereocenters. The summed E-state index contributed by atoms with van der Waals surface area (Å²) in [4.78, 5) is 4.67. The second-order valence-electron chi connectivity index (χ2n) is 4.34. The average molecular weight is 232 g/mol. The van der Waals surface area contributed by atoms with E-state index in [1.807, 2.05) is 17.5 Å². The Morgan fingerprint density at radius 2 is 2.44 bits per heavy atom. The molecule has 2 N–H and O–H groups in total. The lowest BCUT2D eigenvalue weighted by Gasteiger charge is -2.23. The number of nitrogens with one attached hydrogen (secondary N) is 2. The van der Waals surface area contributed by atoms with Gasteiger partial charge in [0.05, 0.1) is 0 Å². The molecule has 16 heavy (non-hydrogen) atoms. The van der Waals surface area contributed by atoms with Gasteiger partial charge in [-0.2, -0.15) is 0 Å². The van der Waals surface area contributed by atoms with E-state index >= 15 is 0 Å². The molecule has 1 aliphatic rings. The van der Waals surface area contributed by atoms with E-state index in [0.29, 0.717) is 6.04 Å². The zero-order chi connectivity index (χ0) is 10.8. The lowest BCUT2D eigenvalue weighted by Crippen LogP contribution is -2.23. The molecule has 0 amide bonds. The highest BCUT2D eigenvalue weighted by molar-refractivity contribution is 7.10. The maximum atomic E-state index is 3.65. The van der Waals surface area contributed by atoms with Gasteiger partial charge in [0, 0.05) is 29.9 Å². The topological polar surface area (TPSA) is 27.8 Å². The summed E-state index contributed by atoms with van der Waals surface area (Å²) in [7, 11) is 0. The van der Waals surface area contributed by atoms with Crippen LogP contribution in [-0.2, 0) is 13.0 Å². The lowest BCUT2D eigenvalue weighted by atomic mass is 9.94. The minimum absolute atomic E-state index is 0.560. The first kappa shape index (κ1) is 10.1. The van der Waals surface area contributed by atoms with Crippen LogP contribution < -0.4 is 5.32 Å². The number of H-pyrrole nitrogens is 1. The number of aromatic amines is 1. The van der Waals surface area contributed by atoms with Gasteiger partial charge in [0.1, 0.15) is 0 Å². The third kappa shape index (κ3) is 1.93. The Labute approximate surface area is 99.7 Å². The Morgan fingerprint density at radius 1 is 1.44 bits per heavy atom. The van der Waals surface area contributed by atoms with Crippen molar-refractivity contribution in [3.63, 3.8) is 0 Å². The summed E-state index contributed by atoms with van der Waals surface area (Å²) >= 11 is 1.91. The zero-order valence-corrected chi connectivity index (χ0v) is 10.0. The Morgan fingerprint density at radius 3 is 3.31 bits per heavy atom. The molecule has 2 aromatic rings. The highest BCUT2D eigenvalue weighted by Gasteiger charge is 2.20. The normalized spacial score (nSPS) is 19.6. The van der Waals surface area contributed by atoms with Crippen molar-refractivity contribution in [3.05, 3.63) is 45.9 Å². The standard InChI is InChI=1S/C13H16N2S/c1-2-12(11-5-7-16-13(11)3-1)15-9-10-4-6-14-8-10/h4-8,12,14-15H,1-3,9H2. The third-order valence-electron chi connectivity index (χ3n) is 3.27. The van der Waals surface area contributed by atoms with Crippen LogP contribution in [0.25, 0.3) is 0 Å². The Kier molecular flexibility index (Phi) is 2.80. The number of fused-ring (bicyclic) bond motifs is 1. The molecular formula is C13H16N2S. The van der Waals surface area contributed by atoms with E-state index in [9.17, 15) is 0 Å². The van der Waals surface area contributed by atoms with Gasteiger partial charge in [-0.05, 0) is 47.9 Å². The van der Waals surface area contributed by atoms with E-state index in [4.69, 9.17) is 0 Å². The summed E-state index contributed by atoms with van der Waals surface area (Å²) in [6, 6.07) is 4.98. The molecule has 3 rings (SSSR count). The average Bonchev–Trinajstić information content (AvgIpc) is 2.97. The number of aromatic nitrogens is 1. The van der Waals surface area contributed by atoms with Crippen molar-refractivity contribution in [2.45, 2.75) is 31.8 Å². The third-order valence-corrected chi connectivity index (χ3v) is 4.26. The molecule has 0 saturated carbocycles. The fourth-order valence-electron chi connectivity index (χ4n) is 2.41. The number of hydrogen-bond donors (Lipinski definition) is 2. The van der Waals surface area contributed by atoms with Crippen LogP contribution in [0.4, 0.5) is 0 Å². The molecule has 0 aromatic carbocycles. The van der Waals surface area contributed by atoms with Crippen LogP contribution in [0.15, 0.2) is 29.9 Å². The maximum absolute atomic E-state index is 3.65. The van der Waals surface area contributed by atoms with Gasteiger partial charge in [-0.15, -0.1) is 11.3 Å². The number of thiophene rings is 1. The van der Waals surface area contributed by atoms with Crippen LogP contribution in [0.1, 0.15) is 34.9 Å². The van der Waals surface area contributed by atoms with Crippen molar-refractivity contribution < 1.29 is 0 Å². The first-order chi connectivity index (χ1) is 7.93. The predicted octanol–water partition coefficient (Wildman–Crippen LogP) is 3.24. The van der Waals surface area contributed by atoms with Crippen molar-refractivity contribution in [2.75, 3.05) is 0 Å². The van der Waals surface area contributed by atoms with Crippen LogP contribution >= 0.6 is 11.3 Å². The fraction of sp³-hybridized carbons (Fsp3) is 0.385. The molecule has 0 radical (unpaired) electrons. The van der Waals surface area contributed by atoms with Gasteiger partial charge in [0.15, 0.2) is 0 Å². The van der Waals surface area contributed by atoms with Gasteiger partial charge in [0.25, 0.3) is 0 Å². The molecule has 0 bridgehead atoms. The largest absolute Gasteiger partial charge is 0.367 e. The summed E-state index contributed by atoms with van der Waals surface area (Å²) in [6.45, 7) is 0.962. The van der Waals surface area contributed by atoms with E-state index in [2.05, 4.69) is 34.0 Å². The lowest BCUT2D eigenvalue weighted by molar-refractivity contribution is 0.463. The van der Waals surface area contributed by atoms with Crippen LogP contribution in [0.5, 0.6) is 0 Å². The van der Waals surface area contributed by atoms with Gasteiger partial charge in [-0.3, -0.25) is 0 Å². The molecule has 0 aliphatic heterocycles.